The van der Waals surface area contributed by atoms with Crippen LogP contribution in [0.4, 0.5) is 4.39 Å². The summed E-state index contributed by atoms with van der Waals surface area (Å²) in [4.78, 5) is 15.9. The lowest BCUT2D eigenvalue weighted by Crippen LogP contribution is -2.42. The van der Waals surface area contributed by atoms with Gasteiger partial charge in [0, 0.05) is 35.7 Å². The molecule has 1 atom stereocenters. The number of halogens is 1. The van der Waals surface area contributed by atoms with Gasteiger partial charge in [-0.1, -0.05) is 24.6 Å². The molecule has 5 rings (SSSR count). The number of piperidine rings is 1. The summed E-state index contributed by atoms with van der Waals surface area (Å²) in [6.07, 6.45) is 4.14. The number of carbonyl (C=O) groups excluding carboxylic acids is 1. The summed E-state index contributed by atoms with van der Waals surface area (Å²) in [7, 11) is 1.59. The zero-order chi connectivity index (χ0) is 25.1. The highest BCUT2D eigenvalue weighted by molar-refractivity contribution is 6.11. The number of nitrogens with zero attached hydrogens (tertiary/aromatic N) is 2. The van der Waals surface area contributed by atoms with Gasteiger partial charge in [-0.05, 0) is 67.8 Å². The number of carbonyl (C=O) groups is 1. The monoisotopic (exact) mass is 488 g/mol. The standard InChI is InChI=1S/C29H29FN2O4/c1-3-27(32-15-5-4-6-16-32)35-25-17-20(28-23-14-10-21(30)18-26(23)36-31-28)9-13-24(25)29(33)19-7-11-22(34-2)12-8-19/h7-14,17-18,27H,3-6,15-16H2,1-2H3. The first kappa shape index (κ1) is 24.0. The number of fused-ring (bicyclic) bond motifs is 1. The van der Waals surface area contributed by atoms with Gasteiger partial charge in [-0.25, -0.2) is 4.39 Å². The molecule has 1 unspecified atom stereocenters. The van der Waals surface area contributed by atoms with Gasteiger partial charge in [-0.3, -0.25) is 9.69 Å². The molecule has 0 N–H and O–H groups in total. The van der Waals surface area contributed by atoms with Crippen molar-refractivity contribution in [2.24, 2.45) is 0 Å². The van der Waals surface area contributed by atoms with Gasteiger partial charge in [-0.15, -0.1) is 0 Å². The van der Waals surface area contributed by atoms with Crippen LogP contribution in [-0.2, 0) is 0 Å². The fourth-order valence-corrected chi connectivity index (χ4v) is 4.74. The molecule has 1 aromatic heterocycles. The van der Waals surface area contributed by atoms with Crippen molar-refractivity contribution in [2.75, 3.05) is 20.2 Å². The number of ether oxygens (including phenoxy) is 2. The molecule has 3 aromatic carbocycles. The van der Waals surface area contributed by atoms with Gasteiger partial charge in [-0.2, -0.15) is 0 Å². The smallest absolute Gasteiger partial charge is 0.196 e. The summed E-state index contributed by atoms with van der Waals surface area (Å²) in [5, 5.41) is 4.88. The minimum absolute atomic E-state index is 0.139. The van der Waals surface area contributed by atoms with Gasteiger partial charge in [0.25, 0.3) is 0 Å². The lowest BCUT2D eigenvalue weighted by Gasteiger charge is -2.34. The van der Waals surface area contributed by atoms with Crippen LogP contribution in [-0.4, -0.2) is 42.3 Å². The Hall–Kier alpha value is -3.71. The van der Waals surface area contributed by atoms with E-state index in [2.05, 4.69) is 17.0 Å². The number of rotatable bonds is 8. The van der Waals surface area contributed by atoms with Crippen LogP contribution < -0.4 is 9.47 Å². The van der Waals surface area contributed by atoms with Crippen molar-refractivity contribution >= 4 is 16.8 Å². The third kappa shape index (κ3) is 4.84. The number of methoxy groups -OCH3 is 1. The molecule has 0 spiro atoms. The molecule has 0 aliphatic carbocycles. The number of hydrogen-bond acceptors (Lipinski definition) is 6. The van der Waals surface area contributed by atoms with Gasteiger partial charge in [0.15, 0.2) is 17.6 Å². The Labute approximate surface area is 209 Å². The molecule has 36 heavy (non-hydrogen) atoms. The van der Waals surface area contributed by atoms with E-state index in [0.717, 1.165) is 37.9 Å². The van der Waals surface area contributed by atoms with Crippen molar-refractivity contribution < 1.29 is 23.2 Å². The summed E-state index contributed by atoms with van der Waals surface area (Å²) < 4.78 is 30.8. The first-order valence-electron chi connectivity index (χ1n) is 12.4. The summed E-state index contributed by atoms with van der Waals surface area (Å²) in [5.41, 5.74) is 2.69. The maximum atomic E-state index is 13.7. The fraction of sp³-hybridized carbons (Fsp3) is 0.310. The Kier molecular flexibility index (Phi) is 7.00. The highest BCUT2D eigenvalue weighted by Gasteiger charge is 2.24. The zero-order valence-electron chi connectivity index (χ0n) is 20.5. The molecular weight excluding hydrogens is 459 g/mol. The molecule has 1 aliphatic heterocycles. The van der Waals surface area contributed by atoms with E-state index in [-0.39, 0.29) is 17.8 Å². The quantitative estimate of drug-likeness (QED) is 0.265. The second-order valence-corrected chi connectivity index (χ2v) is 9.02. The van der Waals surface area contributed by atoms with Gasteiger partial charge < -0.3 is 14.0 Å². The van der Waals surface area contributed by atoms with Crippen molar-refractivity contribution in [3.63, 3.8) is 0 Å². The molecule has 6 nitrogen and oxygen atoms in total. The molecular formula is C29H29FN2O4. The Bertz CT molecular complexity index is 1360. The maximum absolute atomic E-state index is 13.7. The third-order valence-corrected chi connectivity index (χ3v) is 6.70. The summed E-state index contributed by atoms with van der Waals surface area (Å²) in [6, 6.07) is 16.8. The fourth-order valence-electron chi connectivity index (χ4n) is 4.74. The Morgan fingerprint density at radius 2 is 1.83 bits per heavy atom. The van der Waals surface area contributed by atoms with E-state index in [9.17, 15) is 9.18 Å². The normalized spacial score (nSPS) is 15.1. The van der Waals surface area contributed by atoms with E-state index in [4.69, 9.17) is 14.0 Å². The minimum Gasteiger partial charge on any atom is -0.497 e. The van der Waals surface area contributed by atoms with Crippen LogP contribution in [0.3, 0.4) is 0 Å². The molecule has 0 bridgehead atoms. The summed E-state index contributed by atoms with van der Waals surface area (Å²) >= 11 is 0. The molecule has 4 aromatic rings. The van der Waals surface area contributed by atoms with Gasteiger partial charge in [0.1, 0.15) is 23.0 Å². The second kappa shape index (κ2) is 10.5. The van der Waals surface area contributed by atoms with Crippen molar-refractivity contribution in [2.45, 2.75) is 38.8 Å². The topological polar surface area (TPSA) is 64.8 Å². The maximum Gasteiger partial charge on any atom is 0.196 e. The van der Waals surface area contributed by atoms with E-state index in [0.29, 0.717) is 39.3 Å². The van der Waals surface area contributed by atoms with Crippen molar-refractivity contribution in [3.05, 3.63) is 77.6 Å². The largest absolute Gasteiger partial charge is 0.497 e. The second-order valence-electron chi connectivity index (χ2n) is 9.02. The van der Waals surface area contributed by atoms with Gasteiger partial charge in [0.2, 0.25) is 0 Å². The number of ketones is 1. The van der Waals surface area contributed by atoms with E-state index in [1.165, 1.54) is 18.6 Å². The molecule has 0 radical (unpaired) electrons. The average Bonchev–Trinajstić information content (AvgIpc) is 3.34. The Balaban J connectivity index is 1.55. The highest BCUT2D eigenvalue weighted by atomic mass is 19.1. The van der Waals surface area contributed by atoms with Crippen molar-refractivity contribution in [1.29, 1.82) is 0 Å². The van der Waals surface area contributed by atoms with E-state index in [1.807, 2.05) is 12.1 Å². The van der Waals surface area contributed by atoms with Crippen molar-refractivity contribution in [3.8, 4) is 22.8 Å². The zero-order valence-corrected chi connectivity index (χ0v) is 20.5. The molecule has 7 heteroatoms. The van der Waals surface area contributed by atoms with Crippen LogP contribution >= 0.6 is 0 Å². The molecule has 186 valence electrons. The molecule has 1 fully saturated rings. The SMILES string of the molecule is CCC(Oc1cc(-c2noc3cc(F)ccc23)ccc1C(=O)c1ccc(OC)cc1)N1CCCCC1. The van der Waals surface area contributed by atoms with Crippen LogP contribution in [0, 0.1) is 5.82 Å². The van der Waals surface area contributed by atoms with E-state index >= 15 is 0 Å². The lowest BCUT2D eigenvalue weighted by molar-refractivity contribution is 0.00940. The first-order valence-corrected chi connectivity index (χ1v) is 12.4. The van der Waals surface area contributed by atoms with Crippen LogP contribution in [0.25, 0.3) is 22.2 Å². The first-order chi connectivity index (χ1) is 17.6. The molecule has 0 saturated carbocycles. The van der Waals surface area contributed by atoms with Crippen LogP contribution in [0.1, 0.15) is 48.5 Å². The van der Waals surface area contributed by atoms with E-state index in [1.54, 1.807) is 43.5 Å². The number of likely N-dealkylation sites (tertiary alicyclic amines) is 1. The molecule has 1 aliphatic rings. The minimum atomic E-state index is -0.387. The average molecular weight is 489 g/mol. The number of hydrogen-bond donors (Lipinski definition) is 0. The van der Waals surface area contributed by atoms with Crippen LogP contribution in [0.2, 0.25) is 0 Å². The number of aromatic nitrogens is 1. The molecule has 2 heterocycles. The number of benzene rings is 3. The van der Waals surface area contributed by atoms with Crippen LogP contribution in [0.5, 0.6) is 11.5 Å². The highest BCUT2D eigenvalue weighted by Crippen LogP contribution is 2.34. The third-order valence-electron chi connectivity index (χ3n) is 6.70. The van der Waals surface area contributed by atoms with Crippen LogP contribution in [0.15, 0.2) is 65.2 Å². The predicted octanol–water partition coefficient (Wildman–Crippen LogP) is 6.47. The lowest BCUT2D eigenvalue weighted by atomic mass is 9.99. The van der Waals surface area contributed by atoms with Crippen molar-refractivity contribution in [1.82, 2.24) is 10.1 Å². The predicted molar refractivity (Wildman–Crippen MR) is 136 cm³/mol. The molecule has 0 amide bonds. The summed E-state index contributed by atoms with van der Waals surface area (Å²) in [5.74, 6) is 0.648. The molecule has 1 saturated heterocycles. The Morgan fingerprint density at radius 1 is 1.06 bits per heavy atom. The van der Waals surface area contributed by atoms with Gasteiger partial charge in [0.05, 0.1) is 12.7 Å². The summed E-state index contributed by atoms with van der Waals surface area (Å²) in [6.45, 7) is 4.03. The Morgan fingerprint density at radius 3 is 2.56 bits per heavy atom. The van der Waals surface area contributed by atoms with Gasteiger partial charge >= 0.3 is 0 Å². The van der Waals surface area contributed by atoms with E-state index < -0.39 is 0 Å².